The van der Waals surface area contributed by atoms with E-state index in [0.29, 0.717) is 17.2 Å². The molecule has 0 bridgehead atoms. The molecule has 1 aromatic carbocycles. The SMILES string of the molecule is Cc1ccc(/C=C2\C(=O)NC(=S)N(c3cccc(C(N)=O)c3)C2=O)o1. The molecule has 0 unspecified atom stereocenters. The summed E-state index contributed by atoms with van der Waals surface area (Å²) in [4.78, 5) is 37.4. The second-order valence-electron chi connectivity index (χ2n) is 5.32. The van der Waals surface area contributed by atoms with Crippen molar-refractivity contribution in [3.8, 4) is 0 Å². The average molecular weight is 355 g/mol. The summed E-state index contributed by atoms with van der Waals surface area (Å²) >= 11 is 5.10. The molecule has 8 heteroatoms. The first-order chi connectivity index (χ1) is 11.9. The Hall–Kier alpha value is -3.26. The minimum Gasteiger partial charge on any atom is -0.462 e. The van der Waals surface area contributed by atoms with Gasteiger partial charge in [-0.25, -0.2) is 0 Å². The summed E-state index contributed by atoms with van der Waals surface area (Å²) in [5.41, 5.74) is 5.68. The van der Waals surface area contributed by atoms with E-state index in [1.54, 1.807) is 31.2 Å². The van der Waals surface area contributed by atoms with Crippen molar-refractivity contribution in [3.05, 3.63) is 59.1 Å². The van der Waals surface area contributed by atoms with Gasteiger partial charge in [-0.05, 0) is 55.5 Å². The van der Waals surface area contributed by atoms with Gasteiger partial charge in [-0.1, -0.05) is 6.07 Å². The first-order valence-electron chi connectivity index (χ1n) is 7.24. The number of thiocarbonyl (C=S) groups is 1. The van der Waals surface area contributed by atoms with E-state index in [-0.39, 0.29) is 16.2 Å². The number of rotatable bonds is 3. The third kappa shape index (κ3) is 3.20. The lowest BCUT2D eigenvalue weighted by Gasteiger charge is -2.28. The maximum absolute atomic E-state index is 12.8. The highest BCUT2D eigenvalue weighted by atomic mass is 32.1. The molecule has 1 fully saturated rings. The van der Waals surface area contributed by atoms with Crippen LogP contribution in [0.15, 0.2) is 46.4 Å². The molecule has 0 aliphatic carbocycles. The van der Waals surface area contributed by atoms with E-state index < -0.39 is 17.7 Å². The van der Waals surface area contributed by atoms with E-state index >= 15 is 0 Å². The summed E-state index contributed by atoms with van der Waals surface area (Å²) in [7, 11) is 0. The van der Waals surface area contributed by atoms with Gasteiger partial charge >= 0.3 is 0 Å². The predicted octanol–water partition coefficient (Wildman–Crippen LogP) is 1.52. The smallest absolute Gasteiger partial charge is 0.270 e. The van der Waals surface area contributed by atoms with Gasteiger partial charge in [0.05, 0.1) is 5.69 Å². The molecular formula is C17H13N3O4S. The minimum absolute atomic E-state index is 0.0793. The number of anilines is 1. The number of nitrogens with one attached hydrogen (secondary N) is 1. The molecule has 1 aromatic heterocycles. The summed E-state index contributed by atoms with van der Waals surface area (Å²) in [5.74, 6) is -0.856. The lowest BCUT2D eigenvalue weighted by molar-refractivity contribution is -0.122. The van der Waals surface area contributed by atoms with Crippen LogP contribution >= 0.6 is 12.2 Å². The van der Waals surface area contributed by atoms with Gasteiger partial charge in [0.25, 0.3) is 11.8 Å². The van der Waals surface area contributed by atoms with Crippen molar-refractivity contribution in [2.24, 2.45) is 5.73 Å². The molecule has 3 N–H and O–H groups in total. The zero-order valence-corrected chi connectivity index (χ0v) is 13.9. The number of benzene rings is 1. The molecular weight excluding hydrogens is 342 g/mol. The number of amides is 3. The fourth-order valence-corrected chi connectivity index (χ4v) is 2.64. The number of hydrogen-bond donors (Lipinski definition) is 2. The third-order valence-electron chi connectivity index (χ3n) is 3.54. The van der Waals surface area contributed by atoms with Crippen molar-refractivity contribution in [3.63, 3.8) is 0 Å². The number of carbonyl (C=O) groups is 3. The molecule has 3 amide bonds. The maximum Gasteiger partial charge on any atom is 0.270 e. The van der Waals surface area contributed by atoms with Crippen molar-refractivity contribution >= 4 is 46.8 Å². The van der Waals surface area contributed by atoms with Gasteiger partial charge in [-0.2, -0.15) is 0 Å². The fourth-order valence-electron chi connectivity index (χ4n) is 2.36. The number of nitrogens with two attached hydrogens (primary N) is 1. The third-order valence-corrected chi connectivity index (χ3v) is 3.82. The highest BCUT2D eigenvalue weighted by Crippen LogP contribution is 2.23. The van der Waals surface area contributed by atoms with Crippen molar-refractivity contribution < 1.29 is 18.8 Å². The molecule has 1 aliphatic heterocycles. The zero-order valence-electron chi connectivity index (χ0n) is 13.1. The quantitative estimate of drug-likeness (QED) is 0.493. The Morgan fingerprint density at radius 1 is 1.28 bits per heavy atom. The van der Waals surface area contributed by atoms with E-state index in [2.05, 4.69) is 5.32 Å². The molecule has 0 radical (unpaired) electrons. The van der Waals surface area contributed by atoms with Crippen LogP contribution in [0.3, 0.4) is 0 Å². The average Bonchev–Trinajstić information content (AvgIpc) is 2.97. The first-order valence-corrected chi connectivity index (χ1v) is 7.65. The topological polar surface area (TPSA) is 106 Å². The van der Waals surface area contributed by atoms with Gasteiger partial charge in [0.2, 0.25) is 5.91 Å². The number of aryl methyl sites for hydroxylation is 1. The molecule has 2 heterocycles. The van der Waals surface area contributed by atoms with Crippen LogP contribution in [0.1, 0.15) is 21.9 Å². The number of carbonyl (C=O) groups excluding carboxylic acids is 3. The molecule has 25 heavy (non-hydrogen) atoms. The number of nitrogens with zero attached hydrogens (tertiary/aromatic N) is 1. The Kier molecular flexibility index (Phi) is 4.20. The van der Waals surface area contributed by atoms with Gasteiger partial charge < -0.3 is 10.2 Å². The molecule has 1 saturated heterocycles. The van der Waals surface area contributed by atoms with E-state index in [9.17, 15) is 14.4 Å². The fraction of sp³-hybridized carbons (Fsp3) is 0.0588. The number of furan rings is 1. The summed E-state index contributed by atoms with van der Waals surface area (Å²) in [6.07, 6.45) is 1.34. The molecule has 1 aliphatic rings. The Morgan fingerprint density at radius 3 is 2.68 bits per heavy atom. The van der Waals surface area contributed by atoms with Gasteiger partial charge in [0.15, 0.2) is 5.11 Å². The molecule has 2 aromatic rings. The Balaban J connectivity index is 2.02. The maximum atomic E-state index is 12.8. The summed E-state index contributed by atoms with van der Waals surface area (Å²) in [5, 5.41) is 2.38. The van der Waals surface area contributed by atoms with Gasteiger partial charge in [-0.15, -0.1) is 0 Å². The second-order valence-corrected chi connectivity index (χ2v) is 5.71. The van der Waals surface area contributed by atoms with Crippen molar-refractivity contribution in [2.75, 3.05) is 4.90 Å². The van der Waals surface area contributed by atoms with E-state index in [0.717, 1.165) is 4.90 Å². The standard InChI is InChI=1S/C17H13N3O4S/c1-9-5-6-12(24-9)8-13-15(22)19-17(25)20(16(13)23)11-4-2-3-10(7-11)14(18)21/h2-8H,1H3,(H2,18,21)(H,19,22,25)/b13-8+. The van der Waals surface area contributed by atoms with Gasteiger partial charge in [0, 0.05) is 5.56 Å². The summed E-state index contributed by atoms with van der Waals surface area (Å²) < 4.78 is 5.38. The van der Waals surface area contributed by atoms with Gasteiger partial charge in [-0.3, -0.25) is 24.6 Å². The molecule has 126 valence electrons. The van der Waals surface area contributed by atoms with Crippen LogP contribution < -0.4 is 16.0 Å². The molecule has 7 nitrogen and oxygen atoms in total. The highest BCUT2D eigenvalue weighted by molar-refractivity contribution is 7.80. The molecule has 0 spiro atoms. The van der Waals surface area contributed by atoms with Crippen molar-refractivity contribution in [1.29, 1.82) is 0 Å². The Bertz CT molecular complexity index is 945. The van der Waals surface area contributed by atoms with Crippen LogP contribution in [-0.2, 0) is 9.59 Å². The van der Waals surface area contributed by atoms with Crippen LogP contribution in [0.2, 0.25) is 0 Å². The predicted molar refractivity (Wildman–Crippen MR) is 94.6 cm³/mol. The summed E-state index contributed by atoms with van der Waals surface area (Å²) in [6.45, 7) is 1.75. The lowest BCUT2D eigenvalue weighted by Crippen LogP contribution is -2.54. The molecule has 0 saturated carbocycles. The monoisotopic (exact) mass is 355 g/mol. The highest BCUT2D eigenvalue weighted by Gasteiger charge is 2.34. The lowest BCUT2D eigenvalue weighted by atomic mass is 10.1. The van der Waals surface area contributed by atoms with Crippen LogP contribution in [0.25, 0.3) is 6.08 Å². The van der Waals surface area contributed by atoms with E-state index in [1.807, 2.05) is 0 Å². The van der Waals surface area contributed by atoms with Gasteiger partial charge in [0.1, 0.15) is 17.1 Å². The van der Waals surface area contributed by atoms with Crippen LogP contribution in [0.4, 0.5) is 5.69 Å². The van der Waals surface area contributed by atoms with E-state index in [1.165, 1.54) is 18.2 Å². The zero-order chi connectivity index (χ0) is 18.1. The number of primary amides is 1. The molecule has 0 atom stereocenters. The first kappa shape index (κ1) is 16.6. The number of hydrogen-bond acceptors (Lipinski definition) is 5. The largest absolute Gasteiger partial charge is 0.462 e. The summed E-state index contributed by atoms with van der Waals surface area (Å²) in [6, 6.07) is 9.47. The van der Waals surface area contributed by atoms with Crippen molar-refractivity contribution in [2.45, 2.75) is 6.92 Å². The second kappa shape index (κ2) is 6.33. The minimum atomic E-state index is -0.636. The van der Waals surface area contributed by atoms with Crippen LogP contribution in [0.5, 0.6) is 0 Å². The van der Waals surface area contributed by atoms with Crippen LogP contribution in [0, 0.1) is 6.92 Å². The van der Waals surface area contributed by atoms with Crippen molar-refractivity contribution in [1.82, 2.24) is 5.32 Å². The Labute approximate surface area is 148 Å². The normalized spacial score (nSPS) is 16.3. The molecule has 3 rings (SSSR count). The van der Waals surface area contributed by atoms with Crippen LogP contribution in [-0.4, -0.2) is 22.8 Å². The van der Waals surface area contributed by atoms with E-state index in [4.69, 9.17) is 22.4 Å². The Morgan fingerprint density at radius 2 is 2.04 bits per heavy atom.